The minimum Gasteiger partial charge on any atom is -0.493 e. The van der Waals surface area contributed by atoms with Gasteiger partial charge in [0.15, 0.2) is 0 Å². The van der Waals surface area contributed by atoms with Crippen molar-refractivity contribution in [3.63, 3.8) is 0 Å². The Morgan fingerprint density at radius 1 is 1.38 bits per heavy atom. The fourth-order valence-electron chi connectivity index (χ4n) is 2.00. The van der Waals surface area contributed by atoms with Crippen LogP contribution in [0.15, 0.2) is 18.2 Å². The Morgan fingerprint density at radius 2 is 2.14 bits per heavy atom. The molecular formula is C16H25ClN2O2. The van der Waals surface area contributed by atoms with Crippen molar-refractivity contribution in [3.8, 4) is 5.75 Å². The monoisotopic (exact) mass is 312 g/mol. The summed E-state index contributed by atoms with van der Waals surface area (Å²) in [5, 5.41) is 6.86. The van der Waals surface area contributed by atoms with Gasteiger partial charge in [0.25, 0.3) is 0 Å². The number of hydrogen-bond donors (Lipinski definition) is 2. The Bertz CT molecular complexity index is 452. The predicted molar refractivity (Wildman–Crippen MR) is 87.0 cm³/mol. The van der Waals surface area contributed by atoms with Gasteiger partial charge in [0.1, 0.15) is 5.75 Å². The fourth-order valence-corrected chi connectivity index (χ4v) is 2.18. The Balaban J connectivity index is 2.66. The van der Waals surface area contributed by atoms with Crippen molar-refractivity contribution in [2.45, 2.75) is 39.7 Å². The molecule has 0 saturated carbocycles. The molecule has 0 heterocycles. The summed E-state index contributed by atoms with van der Waals surface area (Å²) in [7, 11) is 0. The number of nitrogens with one attached hydrogen (secondary N) is 2. The van der Waals surface area contributed by atoms with Gasteiger partial charge in [-0.05, 0) is 45.0 Å². The number of halogens is 1. The summed E-state index contributed by atoms with van der Waals surface area (Å²) in [6.07, 6.45) is 1.42. The smallest absolute Gasteiger partial charge is 0.223 e. The number of carbonyl (C=O) groups is 1. The van der Waals surface area contributed by atoms with Crippen LogP contribution in [0.1, 0.15) is 45.2 Å². The number of benzene rings is 1. The van der Waals surface area contributed by atoms with Crippen molar-refractivity contribution in [2.75, 3.05) is 19.7 Å². The van der Waals surface area contributed by atoms with Gasteiger partial charge in [-0.25, -0.2) is 0 Å². The number of amides is 1. The van der Waals surface area contributed by atoms with Gasteiger partial charge in [-0.1, -0.05) is 18.5 Å². The van der Waals surface area contributed by atoms with E-state index < -0.39 is 0 Å². The van der Waals surface area contributed by atoms with Crippen LogP contribution in [0.3, 0.4) is 0 Å². The highest BCUT2D eigenvalue weighted by Crippen LogP contribution is 2.28. The largest absolute Gasteiger partial charge is 0.493 e. The molecule has 0 bridgehead atoms. The molecule has 1 unspecified atom stereocenters. The summed E-state index contributed by atoms with van der Waals surface area (Å²) in [6.45, 7) is 8.05. The van der Waals surface area contributed by atoms with E-state index in [1.54, 1.807) is 6.07 Å². The van der Waals surface area contributed by atoms with Crippen molar-refractivity contribution in [1.29, 1.82) is 0 Å². The van der Waals surface area contributed by atoms with Crippen LogP contribution < -0.4 is 15.4 Å². The van der Waals surface area contributed by atoms with E-state index in [2.05, 4.69) is 24.5 Å². The SMILES string of the molecule is CCCNC(C)c1cc(Cl)ccc1OCCC(=O)NCC. The third-order valence-electron chi connectivity index (χ3n) is 3.10. The molecule has 21 heavy (non-hydrogen) atoms. The first-order valence-corrected chi connectivity index (χ1v) is 7.88. The quantitative estimate of drug-likeness (QED) is 0.735. The molecule has 5 heteroatoms. The molecule has 0 spiro atoms. The Hall–Kier alpha value is -1.26. The van der Waals surface area contributed by atoms with Gasteiger partial charge >= 0.3 is 0 Å². The second kappa shape index (κ2) is 9.64. The van der Waals surface area contributed by atoms with E-state index in [-0.39, 0.29) is 11.9 Å². The Morgan fingerprint density at radius 3 is 2.81 bits per heavy atom. The molecular weight excluding hydrogens is 288 g/mol. The molecule has 2 N–H and O–H groups in total. The maximum Gasteiger partial charge on any atom is 0.223 e. The van der Waals surface area contributed by atoms with Crippen molar-refractivity contribution >= 4 is 17.5 Å². The normalized spacial score (nSPS) is 12.0. The van der Waals surface area contributed by atoms with Crippen LogP contribution in [0.25, 0.3) is 0 Å². The summed E-state index contributed by atoms with van der Waals surface area (Å²) in [4.78, 5) is 11.4. The lowest BCUT2D eigenvalue weighted by Crippen LogP contribution is -2.24. The molecule has 1 aromatic rings. The van der Waals surface area contributed by atoms with Crippen LogP contribution in [0.4, 0.5) is 0 Å². The lowest BCUT2D eigenvalue weighted by atomic mass is 10.1. The predicted octanol–water partition coefficient (Wildman–Crippen LogP) is 3.31. The van der Waals surface area contributed by atoms with Gasteiger partial charge in [-0.15, -0.1) is 0 Å². The van der Waals surface area contributed by atoms with Gasteiger partial charge < -0.3 is 15.4 Å². The zero-order chi connectivity index (χ0) is 15.7. The third kappa shape index (κ3) is 6.36. The standard InChI is InChI=1S/C16H25ClN2O2/c1-4-9-19-12(3)14-11-13(17)6-7-15(14)21-10-8-16(20)18-5-2/h6-7,11-12,19H,4-5,8-10H2,1-3H3,(H,18,20). The van der Waals surface area contributed by atoms with E-state index in [0.29, 0.717) is 24.6 Å². The molecule has 0 saturated heterocycles. The molecule has 1 aromatic carbocycles. The molecule has 118 valence electrons. The van der Waals surface area contributed by atoms with E-state index in [1.807, 2.05) is 19.1 Å². The summed E-state index contributed by atoms with van der Waals surface area (Å²) < 4.78 is 5.75. The van der Waals surface area contributed by atoms with Gasteiger partial charge in [0.2, 0.25) is 5.91 Å². The molecule has 0 radical (unpaired) electrons. The summed E-state index contributed by atoms with van der Waals surface area (Å²) >= 11 is 6.07. The van der Waals surface area contributed by atoms with Crippen LogP contribution >= 0.6 is 11.6 Å². The maximum absolute atomic E-state index is 11.4. The summed E-state index contributed by atoms with van der Waals surface area (Å²) in [5.41, 5.74) is 1.02. The molecule has 0 aliphatic carbocycles. The fraction of sp³-hybridized carbons (Fsp3) is 0.562. The van der Waals surface area contributed by atoms with Crippen molar-refractivity contribution in [1.82, 2.24) is 10.6 Å². The topological polar surface area (TPSA) is 50.4 Å². The third-order valence-corrected chi connectivity index (χ3v) is 3.33. The van der Waals surface area contributed by atoms with Crippen LogP contribution in [-0.4, -0.2) is 25.6 Å². The van der Waals surface area contributed by atoms with E-state index in [4.69, 9.17) is 16.3 Å². The first kappa shape index (κ1) is 17.8. The van der Waals surface area contributed by atoms with E-state index in [9.17, 15) is 4.79 Å². The van der Waals surface area contributed by atoms with Crippen molar-refractivity contribution < 1.29 is 9.53 Å². The van der Waals surface area contributed by atoms with Crippen LogP contribution in [0.5, 0.6) is 5.75 Å². The number of hydrogen-bond acceptors (Lipinski definition) is 3. The highest BCUT2D eigenvalue weighted by atomic mass is 35.5. The molecule has 0 fully saturated rings. The summed E-state index contributed by atoms with van der Waals surface area (Å²) in [5.74, 6) is 0.782. The molecule has 1 amide bonds. The average molecular weight is 313 g/mol. The molecule has 0 aromatic heterocycles. The van der Waals surface area contributed by atoms with Crippen LogP contribution in [-0.2, 0) is 4.79 Å². The first-order valence-electron chi connectivity index (χ1n) is 7.50. The zero-order valence-corrected chi connectivity index (χ0v) is 13.8. The van der Waals surface area contributed by atoms with E-state index >= 15 is 0 Å². The zero-order valence-electron chi connectivity index (χ0n) is 13.0. The van der Waals surface area contributed by atoms with Crippen molar-refractivity contribution in [2.24, 2.45) is 0 Å². The molecule has 1 atom stereocenters. The van der Waals surface area contributed by atoms with E-state index in [0.717, 1.165) is 24.3 Å². The Kier molecular flexibility index (Phi) is 8.16. The average Bonchev–Trinajstić information content (AvgIpc) is 2.46. The van der Waals surface area contributed by atoms with Gasteiger partial charge in [0.05, 0.1) is 13.0 Å². The second-order valence-corrected chi connectivity index (χ2v) is 5.35. The van der Waals surface area contributed by atoms with Gasteiger partial charge in [-0.3, -0.25) is 4.79 Å². The lowest BCUT2D eigenvalue weighted by molar-refractivity contribution is -0.121. The Labute approximate surface area is 132 Å². The minimum atomic E-state index is 0.00479. The first-order chi connectivity index (χ1) is 10.1. The minimum absolute atomic E-state index is 0.00479. The summed E-state index contributed by atoms with van der Waals surface area (Å²) in [6, 6.07) is 5.73. The number of ether oxygens (including phenoxy) is 1. The number of rotatable bonds is 9. The highest BCUT2D eigenvalue weighted by molar-refractivity contribution is 6.30. The van der Waals surface area contributed by atoms with Gasteiger partial charge in [0, 0.05) is 23.2 Å². The number of carbonyl (C=O) groups excluding carboxylic acids is 1. The molecule has 0 aliphatic rings. The van der Waals surface area contributed by atoms with E-state index in [1.165, 1.54) is 0 Å². The second-order valence-electron chi connectivity index (χ2n) is 4.91. The molecule has 1 rings (SSSR count). The molecule has 4 nitrogen and oxygen atoms in total. The lowest BCUT2D eigenvalue weighted by Gasteiger charge is -2.18. The highest BCUT2D eigenvalue weighted by Gasteiger charge is 2.12. The van der Waals surface area contributed by atoms with Gasteiger partial charge in [-0.2, -0.15) is 0 Å². The maximum atomic E-state index is 11.4. The van der Waals surface area contributed by atoms with Crippen LogP contribution in [0.2, 0.25) is 5.02 Å². The molecule has 0 aliphatic heterocycles. The van der Waals surface area contributed by atoms with Crippen molar-refractivity contribution in [3.05, 3.63) is 28.8 Å². The van der Waals surface area contributed by atoms with Crippen LogP contribution in [0, 0.1) is 0 Å².